The lowest BCUT2D eigenvalue weighted by atomic mass is 10.3. The Morgan fingerprint density at radius 2 is 1.28 bits per heavy atom. The van der Waals surface area contributed by atoms with Crippen molar-refractivity contribution in [2.24, 2.45) is 0 Å². The molecule has 0 aliphatic heterocycles. The van der Waals surface area contributed by atoms with Gasteiger partial charge in [-0.15, -0.1) is 0 Å². The molecule has 0 aliphatic rings. The molecule has 0 radical (unpaired) electrons. The summed E-state index contributed by atoms with van der Waals surface area (Å²) in [7, 11) is 0. The van der Waals surface area contributed by atoms with Crippen molar-refractivity contribution >= 4 is 11.8 Å². The van der Waals surface area contributed by atoms with Gasteiger partial charge in [0.05, 0.1) is 25.6 Å². The van der Waals surface area contributed by atoms with E-state index in [4.69, 9.17) is 9.47 Å². The Bertz CT molecular complexity index is 251. The second-order valence-corrected chi connectivity index (χ2v) is 3.27. The third-order valence-electron chi connectivity index (χ3n) is 1.90. The quantitative estimate of drug-likeness (QED) is 0.412. The Kier molecular flexibility index (Phi) is 10.2. The van der Waals surface area contributed by atoms with Crippen molar-refractivity contribution in [3.8, 4) is 0 Å². The van der Waals surface area contributed by atoms with Gasteiger partial charge in [0.25, 0.3) is 0 Å². The lowest BCUT2D eigenvalue weighted by molar-refractivity contribution is -0.126. The number of amides is 2. The summed E-state index contributed by atoms with van der Waals surface area (Å²) < 4.78 is 9.67. The van der Waals surface area contributed by atoms with Crippen LogP contribution in [0.15, 0.2) is 25.7 Å². The molecule has 0 saturated carbocycles. The molecule has 0 aromatic heterocycles. The zero-order chi connectivity index (χ0) is 13.6. The maximum absolute atomic E-state index is 11.3. The van der Waals surface area contributed by atoms with Crippen molar-refractivity contribution in [1.82, 2.24) is 10.6 Å². The fourth-order valence-electron chi connectivity index (χ4n) is 1.07. The highest BCUT2D eigenvalue weighted by Crippen LogP contribution is 1.89. The largest absolute Gasteiger partial charge is 0.500 e. The minimum absolute atomic E-state index is 0.155. The molecule has 0 unspecified atom stereocenters. The first kappa shape index (κ1) is 16.0. The van der Waals surface area contributed by atoms with E-state index in [9.17, 15) is 9.59 Å². The van der Waals surface area contributed by atoms with Crippen LogP contribution < -0.4 is 10.6 Å². The average molecular weight is 256 g/mol. The van der Waals surface area contributed by atoms with Gasteiger partial charge in [0.1, 0.15) is 13.2 Å². The van der Waals surface area contributed by atoms with Crippen LogP contribution in [0, 0.1) is 0 Å². The summed E-state index contributed by atoms with van der Waals surface area (Å²) in [5, 5.41) is 5.24. The highest BCUT2D eigenvalue weighted by Gasteiger charge is 2.05. The van der Waals surface area contributed by atoms with Crippen LogP contribution in [0.25, 0.3) is 0 Å². The van der Waals surface area contributed by atoms with Crippen LogP contribution >= 0.6 is 0 Å². The molecule has 0 spiro atoms. The number of nitrogens with one attached hydrogen (secondary N) is 2. The molecule has 0 fully saturated rings. The van der Waals surface area contributed by atoms with E-state index in [0.717, 1.165) is 0 Å². The zero-order valence-electron chi connectivity index (χ0n) is 10.4. The molecule has 2 amide bonds. The van der Waals surface area contributed by atoms with Crippen molar-refractivity contribution in [2.45, 2.75) is 12.8 Å². The maximum Gasteiger partial charge on any atom is 0.220 e. The summed E-state index contributed by atoms with van der Waals surface area (Å²) in [4.78, 5) is 22.6. The highest BCUT2D eigenvalue weighted by atomic mass is 16.5. The van der Waals surface area contributed by atoms with E-state index >= 15 is 0 Å². The molecular weight excluding hydrogens is 236 g/mol. The monoisotopic (exact) mass is 256 g/mol. The van der Waals surface area contributed by atoms with E-state index in [1.807, 2.05) is 0 Å². The second-order valence-electron chi connectivity index (χ2n) is 3.27. The molecule has 0 aromatic rings. The van der Waals surface area contributed by atoms with Crippen LogP contribution in [-0.2, 0) is 19.1 Å². The minimum Gasteiger partial charge on any atom is -0.500 e. The number of hydrogen-bond acceptors (Lipinski definition) is 4. The number of hydrogen-bond donors (Lipinski definition) is 2. The van der Waals surface area contributed by atoms with Crippen LogP contribution in [0.1, 0.15) is 12.8 Å². The normalized spacial score (nSPS) is 9.11. The molecule has 102 valence electrons. The van der Waals surface area contributed by atoms with E-state index in [1.165, 1.54) is 12.5 Å². The predicted octanol–water partition coefficient (Wildman–Crippen LogP) is 0.319. The Hall–Kier alpha value is -1.98. The molecule has 0 aliphatic carbocycles. The summed E-state index contributed by atoms with van der Waals surface area (Å²) in [6.45, 7) is 8.30. The molecule has 0 saturated heterocycles. The van der Waals surface area contributed by atoms with Crippen LogP contribution in [0.4, 0.5) is 0 Å². The maximum atomic E-state index is 11.3. The van der Waals surface area contributed by atoms with Crippen LogP contribution in [0.2, 0.25) is 0 Å². The molecule has 6 heteroatoms. The van der Waals surface area contributed by atoms with Gasteiger partial charge in [0.2, 0.25) is 11.8 Å². The predicted molar refractivity (Wildman–Crippen MR) is 67.6 cm³/mol. The number of carbonyl (C=O) groups excluding carboxylic acids is 2. The van der Waals surface area contributed by atoms with Crippen molar-refractivity contribution in [1.29, 1.82) is 0 Å². The second kappa shape index (κ2) is 11.5. The smallest absolute Gasteiger partial charge is 0.220 e. The molecule has 18 heavy (non-hydrogen) atoms. The van der Waals surface area contributed by atoms with Crippen LogP contribution in [-0.4, -0.2) is 38.1 Å². The van der Waals surface area contributed by atoms with Crippen molar-refractivity contribution in [2.75, 3.05) is 26.3 Å². The third kappa shape index (κ3) is 10.5. The SMILES string of the molecule is C=COCCNC(=O)CCC(=O)NCCOC=C. The molecule has 6 nitrogen and oxygen atoms in total. The molecule has 2 N–H and O–H groups in total. The number of rotatable bonds is 11. The fraction of sp³-hybridized carbons (Fsp3) is 0.500. The van der Waals surface area contributed by atoms with E-state index < -0.39 is 0 Å². The fourth-order valence-corrected chi connectivity index (χ4v) is 1.07. The summed E-state index contributed by atoms with van der Waals surface area (Å²) in [6, 6.07) is 0. The summed E-state index contributed by atoms with van der Waals surface area (Å²) in [5.41, 5.74) is 0. The summed E-state index contributed by atoms with van der Waals surface area (Å²) in [5.74, 6) is -0.361. The first-order valence-corrected chi connectivity index (χ1v) is 5.69. The van der Waals surface area contributed by atoms with Crippen molar-refractivity contribution in [3.05, 3.63) is 25.7 Å². The van der Waals surface area contributed by atoms with Gasteiger partial charge in [-0.2, -0.15) is 0 Å². The van der Waals surface area contributed by atoms with Gasteiger partial charge in [-0.1, -0.05) is 13.2 Å². The molecule has 0 rings (SSSR count). The Morgan fingerprint density at radius 1 is 0.889 bits per heavy atom. The standard InChI is InChI=1S/C12H20N2O4/c1-3-17-9-7-13-11(15)5-6-12(16)14-8-10-18-4-2/h3-4H,1-2,5-10H2,(H,13,15)(H,14,16). The Balaban J connectivity index is 3.44. The summed E-state index contributed by atoms with van der Waals surface area (Å²) in [6.07, 6.45) is 2.93. The van der Waals surface area contributed by atoms with Gasteiger partial charge in [-0.3, -0.25) is 9.59 Å². The van der Waals surface area contributed by atoms with E-state index in [2.05, 4.69) is 23.8 Å². The highest BCUT2D eigenvalue weighted by molar-refractivity contribution is 5.83. The van der Waals surface area contributed by atoms with Gasteiger partial charge in [-0.25, -0.2) is 0 Å². The van der Waals surface area contributed by atoms with Crippen LogP contribution in [0.5, 0.6) is 0 Å². The lowest BCUT2D eigenvalue weighted by Crippen LogP contribution is -2.30. The first-order valence-electron chi connectivity index (χ1n) is 5.69. The zero-order valence-corrected chi connectivity index (χ0v) is 10.4. The van der Waals surface area contributed by atoms with Crippen molar-refractivity contribution in [3.63, 3.8) is 0 Å². The molecular formula is C12H20N2O4. The lowest BCUT2D eigenvalue weighted by Gasteiger charge is -2.06. The van der Waals surface area contributed by atoms with E-state index in [-0.39, 0.29) is 24.7 Å². The Morgan fingerprint density at radius 3 is 1.61 bits per heavy atom. The third-order valence-corrected chi connectivity index (χ3v) is 1.90. The number of carbonyl (C=O) groups is 2. The first-order chi connectivity index (χ1) is 8.70. The van der Waals surface area contributed by atoms with Gasteiger partial charge in [0, 0.05) is 12.8 Å². The topological polar surface area (TPSA) is 76.7 Å². The summed E-state index contributed by atoms with van der Waals surface area (Å²) >= 11 is 0. The van der Waals surface area contributed by atoms with Crippen LogP contribution in [0.3, 0.4) is 0 Å². The minimum atomic E-state index is -0.180. The van der Waals surface area contributed by atoms with E-state index in [0.29, 0.717) is 26.3 Å². The Labute approximate surface area is 107 Å². The van der Waals surface area contributed by atoms with Gasteiger partial charge in [0.15, 0.2) is 0 Å². The molecule has 0 aromatic carbocycles. The van der Waals surface area contributed by atoms with E-state index in [1.54, 1.807) is 0 Å². The molecule has 0 heterocycles. The van der Waals surface area contributed by atoms with Crippen molar-refractivity contribution < 1.29 is 19.1 Å². The van der Waals surface area contributed by atoms with Gasteiger partial charge < -0.3 is 20.1 Å². The van der Waals surface area contributed by atoms with Gasteiger partial charge >= 0.3 is 0 Å². The molecule has 0 atom stereocenters. The number of ether oxygens (including phenoxy) is 2. The molecule has 0 bridgehead atoms. The average Bonchev–Trinajstić information content (AvgIpc) is 2.37. The van der Waals surface area contributed by atoms with Gasteiger partial charge in [-0.05, 0) is 0 Å².